The highest BCUT2D eigenvalue weighted by Crippen LogP contribution is 2.24. The summed E-state index contributed by atoms with van der Waals surface area (Å²) < 4.78 is 33.9. The predicted octanol–water partition coefficient (Wildman–Crippen LogP) is 4.50. The predicted molar refractivity (Wildman–Crippen MR) is 108 cm³/mol. The monoisotopic (exact) mass is 447 g/mol. The molecule has 3 aromatic rings. The summed E-state index contributed by atoms with van der Waals surface area (Å²) >= 11 is 3.30. The first kappa shape index (κ1) is 19.3. The molecule has 0 saturated heterocycles. The van der Waals surface area contributed by atoms with Crippen molar-refractivity contribution >= 4 is 31.6 Å². The molecule has 1 aromatic heterocycles. The molecule has 0 aliphatic heterocycles. The number of anilines is 1. The van der Waals surface area contributed by atoms with E-state index in [1.54, 1.807) is 42.5 Å². The van der Waals surface area contributed by atoms with Crippen LogP contribution < -0.4 is 9.46 Å². The maximum absolute atomic E-state index is 12.5. The minimum atomic E-state index is -3.67. The van der Waals surface area contributed by atoms with E-state index in [0.717, 1.165) is 16.5 Å². The maximum atomic E-state index is 12.5. The fourth-order valence-electron chi connectivity index (χ4n) is 2.33. The minimum absolute atomic E-state index is 0.188. The summed E-state index contributed by atoms with van der Waals surface area (Å²) in [6.07, 6.45) is 0.893. The van der Waals surface area contributed by atoms with Crippen molar-refractivity contribution in [3.05, 3.63) is 65.1 Å². The van der Waals surface area contributed by atoms with Crippen LogP contribution in [0, 0.1) is 0 Å². The normalized spacial score (nSPS) is 11.2. The summed E-state index contributed by atoms with van der Waals surface area (Å²) in [7, 11) is -3.67. The van der Waals surface area contributed by atoms with E-state index in [0.29, 0.717) is 23.9 Å². The second kappa shape index (κ2) is 8.49. The van der Waals surface area contributed by atoms with Gasteiger partial charge in [0.1, 0.15) is 0 Å². The van der Waals surface area contributed by atoms with Gasteiger partial charge in [-0.25, -0.2) is 8.42 Å². The quantitative estimate of drug-likeness (QED) is 0.576. The van der Waals surface area contributed by atoms with Gasteiger partial charge in [0.05, 0.1) is 17.2 Å². The summed E-state index contributed by atoms with van der Waals surface area (Å²) in [5.74, 6) is 0.465. The third-order valence-corrected chi connectivity index (χ3v) is 5.55. The molecule has 0 atom stereocenters. The SMILES string of the molecule is CCCOc1ccc(-c2cccc(NS(=O)(=O)c3ccc(Br)cc3)c2)nn1. The third-order valence-electron chi connectivity index (χ3n) is 3.63. The van der Waals surface area contributed by atoms with E-state index in [1.165, 1.54) is 12.1 Å². The Bertz CT molecular complexity index is 1010. The first-order valence-electron chi connectivity index (χ1n) is 8.33. The smallest absolute Gasteiger partial charge is 0.261 e. The molecule has 2 aromatic carbocycles. The summed E-state index contributed by atoms with van der Waals surface area (Å²) in [5, 5.41) is 8.19. The molecule has 0 saturated carbocycles. The molecule has 0 aliphatic carbocycles. The number of hydrogen-bond acceptors (Lipinski definition) is 5. The van der Waals surface area contributed by atoms with Crippen LogP contribution in [-0.4, -0.2) is 25.2 Å². The molecule has 0 bridgehead atoms. The number of aromatic nitrogens is 2. The van der Waals surface area contributed by atoms with Crippen molar-refractivity contribution in [2.75, 3.05) is 11.3 Å². The number of halogens is 1. The van der Waals surface area contributed by atoms with E-state index in [-0.39, 0.29) is 4.90 Å². The standard InChI is InChI=1S/C19H18BrN3O3S/c1-2-12-26-19-11-10-18(21-22-19)14-4-3-5-16(13-14)23-27(24,25)17-8-6-15(20)7-9-17/h3-11,13,23H,2,12H2,1H3. The average molecular weight is 448 g/mol. The van der Waals surface area contributed by atoms with Crippen LogP contribution in [0.15, 0.2) is 70.0 Å². The molecular formula is C19H18BrN3O3S. The number of rotatable bonds is 7. The average Bonchev–Trinajstić information content (AvgIpc) is 2.67. The molecule has 8 heteroatoms. The number of benzene rings is 2. The number of hydrogen-bond donors (Lipinski definition) is 1. The van der Waals surface area contributed by atoms with Gasteiger partial charge in [-0.3, -0.25) is 4.72 Å². The van der Waals surface area contributed by atoms with E-state index in [9.17, 15) is 8.42 Å². The Balaban J connectivity index is 1.80. The third kappa shape index (κ3) is 5.05. The van der Waals surface area contributed by atoms with Crippen molar-refractivity contribution in [1.29, 1.82) is 0 Å². The van der Waals surface area contributed by atoms with Gasteiger partial charge in [-0.2, -0.15) is 0 Å². The number of sulfonamides is 1. The van der Waals surface area contributed by atoms with Gasteiger partial charge in [0.25, 0.3) is 10.0 Å². The molecule has 6 nitrogen and oxygen atoms in total. The highest BCUT2D eigenvalue weighted by atomic mass is 79.9. The molecule has 1 heterocycles. The Morgan fingerprint density at radius 2 is 1.81 bits per heavy atom. The molecule has 0 unspecified atom stereocenters. The first-order valence-corrected chi connectivity index (χ1v) is 10.6. The van der Waals surface area contributed by atoms with E-state index in [1.807, 2.05) is 13.0 Å². The molecule has 0 aliphatic rings. The molecule has 27 heavy (non-hydrogen) atoms. The molecule has 1 N–H and O–H groups in total. The van der Waals surface area contributed by atoms with Crippen LogP contribution in [0.4, 0.5) is 5.69 Å². The van der Waals surface area contributed by atoms with Crippen molar-refractivity contribution in [3.63, 3.8) is 0 Å². The zero-order chi connectivity index (χ0) is 19.3. The van der Waals surface area contributed by atoms with Crippen LogP contribution in [0.2, 0.25) is 0 Å². The Hall–Kier alpha value is -2.45. The zero-order valence-electron chi connectivity index (χ0n) is 14.6. The first-order chi connectivity index (χ1) is 13.0. The summed E-state index contributed by atoms with van der Waals surface area (Å²) in [4.78, 5) is 0.188. The van der Waals surface area contributed by atoms with Crippen LogP contribution in [0.3, 0.4) is 0 Å². The van der Waals surface area contributed by atoms with Gasteiger partial charge >= 0.3 is 0 Å². The van der Waals surface area contributed by atoms with Gasteiger partial charge in [0.2, 0.25) is 5.88 Å². The number of nitrogens with one attached hydrogen (secondary N) is 1. The molecular weight excluding hydrogens is 430 g/mol. The van der Waals surface area contributed by atoms with E-state index < -0.39 is 10.0 Å². The lowest BCUT2D eigenvalue weighted by Crippen LogP contribution is -2.12. The summed E-state index contributed by atoms with van der Waals surface area (Å²) in [5.41, 5.74) is 1.83. The fraction of sp³-hybridized carbons (Fsp3) is 0.158. The van der Waals surface area contributed by atoms with Crippen molar-refractivity contribution in [2.24, 2.45) is 0 Å². The number of ether oxygens (including phenoxy) is 1. The molecule has 0 radical (unpaired) electrons. The van der Waals surface area contributed by atoms with Crippen LogP contribution >= 0.6 is 15.9 Å². The minimum Gasteiger partial charge on any atom is -0.477 e. The largest absolute Gasteiger partial charge is 0.477 e. The highest BCUT2D eigenvalue weighted by Gasteiger charge is 2.14. The molecule has 0 fully saturated rings. The van der Waals surface area contributed by atoms with E-state index >= 15 is 0 Å². The van der Waals surface area contributed by atoms with Crippen LogP contribution in [0.25, 0.3) is 11.3 Å². The maximum Gasteiger partial charge on any atom is 0.261 e. The van der Waals surface area contributed by atoms with Gasteiger partial charge in [0.15, 0.2) is 0 Å². The topological polar surface area (TPSA) is 81.2 Å². The lowest BCUT2D eigenvalue weighted by molar-refractivity contribution is 0.302. The van der Waals surface area contributed by atoms with E-state index in [4.69, 9.17) is 4.74 Å². The van der Waals surface area contributed by atoms with Crippen LogP contribution in [0.5, 0.6) is 5.88 Å². The van der Waals surface area contributed by atoms with E-state index in [2.05, 4.69) is 30.8 Å². The Kier molecular flexibility index (Phi) is 6.08. The zero-order valence-corrected chi connectivity index (χ0v) is 17.0. The Morgan fingerprint density at radius 1 is 1.04 bits per heavy atom. The molecule has 0 spiro atoms. The lowest BCUT2D eigenvalue weighted by atomic mass is 10.1. The second-order valence-corrected chi connectivity index (χ2v) is 8.34. The van der Waals surface area contributed by atoms with Gasteiger partial charge in [0, 0.05) is 21.8 Å². The fourth-order valence-corrected chi connectivity index (χ4v) is 3.64. The van der Waals surface area contributed by atoms with Crippen molar-refractivity contribution < 1.29 is 13.2 Å². The summed E-state index contributed by atoms with van der Waals surface area (Å²) in [6.45, 7) is 2.60. The van der Waals surface area contributed by atoms with Gasteiger partial charge in [-0.05, 0) is 48.9 Å². The van der Waals surface area contributed by atoms with Gasteiger partial charge in [-0.1, -0.05) is 35.0 Å². The second-order valence-electron chi connectivity index (χ2n) is 5.75. The van der Waals surface area contributed by atoms with Crippen molar-refractivity contribution in [1.82, 2.24) is 10.2 Å². The Labute approximate surface area is 166 Å². The molecule has 140 valence electrons. The number of nitrogens with zero attached hydrogens (tertiary/aromatic N) is 2. The summed E-state index contributed by atoms with van der Waals surface area (Å²) in [6, 6.07) is 17.0. The van der Waals surface area contributed by atoms with Crippen LogP contribution in [-0.2, 0) is 10.0 Å². The highest BCUT2D eigenvalue weighted by molar-refractivity contribution is 9.10. The van der Waals surface area contributed by atoms with Gasteiger partial charge in [-0.15, -0.1) is 10.2 Å². The van der Waals surface area contributed by atoms with Gasteiger partial charge < -0.3 is 4.74 Å². The molecule has 0 amide bonds. The molecule has 3 rings (SSSR count). The van der Waals surface area contributed by atoms with Crippen molar-refractivity contribution in [3.8, 4) is 17.1 Å². The lowest BCUT2D eigenvalue weighted by Gasteiger charge is -2.10. The van der Waals surface area contributed by atoms with Crippen LogP contribution in [0.1, 0.15) is 13.3 Å². The van der Waals surface area contributed by atoms with Crippen molar-refractivity contribution in [2.45, 2.75) is 18.2 Å². The Morgan fingerprint density at radius 3 is 2.48 bits per heavy atom.